The number of carbonyl (C=O) groups is 1. The second-order valence-corrected chi connectivity index (χ2v) is 9.59. The van der Waals surface area contributed by atoms with E-state index < -0.39 is 16.1 Å². The molecule has 0 radical (unpaired) electrons. The summed E-state index contributed by atoms with van der Waals surface area (Å²) in [5.74, 6) is -0.0376. The maximum atomic E-state index is 12.7. The molecule has 6 nitrogen and oxygen atoms in total. The van der Waals surface area contributed by atoms with Crippen LogP contribution in [0.1, 0.15) is 26.2 Å². The van der Waals surface area contributed by atoms with Gasteiger partial charge < -0.3 is 10.1 Å². The Kier molecular flexibility index (Phi) is 7.05. The van der Waals surface area contributed by atoms with Crippen LogP contribution in [0.25, 0.3) is 0 Å². The first-order chi connectivity index (χ1) is 13.8. The molecular formula is C20H22Cl2N2O4S. The van der Waals surface area contributed by atoms with E-state index in [1.165, 1.54) is 22.5 Å². The number of ether oxygens (including phenoxy) is 1. The molecule has 2 aromatic carbocycles. The van der Waals surface area contributed by atoms with Gasteiger partial charge in [0.2, 0.25) is 10.0 Å². The summed E-state index contributed by atoms with van der Waals surface area (Å²) in [6.45, 7) is 2.68. The third-order valence-corrected chi connectivity index (χ3v) is 7.08. The molecule has 0 aromatic heterocycles. The fraction of sp³-hybridized carbons (Fsp3) is 0.350. The second kappa shape index (κ2) is 9.34. The molecule has 1 saturated heterocycles. The number of rotatable bonds is 6. The standard InChI is InChI=1S/C20H22Cl2N2O4S/c1-14(28-19-10-5-15(21)13-18(19)22)20(25)23-16-6-8-17(9-7-16)29(26,27)24-11-3-2-4-12-24/h5-10,13-14H,2-4,11-12H2,1H3,(H,23,25)/t14-/m1/s1. The van der Waals surface area contributed by atoms with Crippen LogP contribution in [0.15, 0.2) is 47.4 Å². The van der Waals surface area contributed by atoms with Gasteiger partial charge in [0.05, 0.1) is 9.92 Å². The van der Waals surface area contributed by atoms with Crippen LogP contribution in [0, 0.1) is 0 Å². The van der Waals surface area contributed by atoms with Crippen LogP contribution >= 0.6 is 23.2 Å². The number of sulfonamides is 1. The van der Waals surface area contributed by atoms with E-state index in [0.717, 1.165) is 19.3 Å². The van der Waals surface area contributed by atoms with Crippen molar-refractivity contribution in [2.45, 2.75) is 37.2 Å². The minimum absolute atomic E-state index is 0.217. The maximum Gasteiger partial charge on any atom is 0.265 e. The zero-order chi connectivity index (χ0) is 21.0. The monoisotopic (exact) mass is 456 g/mol. The fourth-order valence-corrected chi connectivity index (χ4v) is 4.99. The predicted molar refractivity (Wildman–Crippen MR) is 114 cm³/mol. The van der Waals surface area contributed by atoms with Crippen molar-refractivity contribution in [3.05, 3.63) is 52.5 Å². The number of piperidine rings is 1. The van der Waals surface area contributed by atoms with Gasteiger partial charge >= 0.3 is 0 Å². The van der Waals surface area contributed by atoms with Gasteiger partial charge in [0, 0.05) is 23.8 Å². The number of anilines is 1. The van der Waals surface area contributed by atoms with Crippen LogP contribution in [0.4, 0.5) is 5.69 Å². The van der Waals surface area contributed by atoms with Crippen molar-refractivity contribution in [2.24, 2.45) is 0 Å². The van der Waals surface area contributed by atoms with Gasteiger partial charge in [-0.15, -0.1) is 0 Å². The second-order valence-electron chi connectivity index (χ2n) is 6.81. The summed E-state index contributed by atoms with van der Waals surface area (Å²) in [6, 6.07) is 10.9. The molecule has 1 atom stereocenters. The van der Waals surface area contributed by atoms with Crippen molar-refractivity contribution in [1.82, 2.24) is 4.31 Å². The van der Waals surface area contributed by atoms with Gasteiger partial charge in [0.15, 0.2) is 6.10 Å². The minimum atomic E-state index is -3.50. The van der Waals surface area contributed by atoms with Crippen LogP contribution < -0.4 is 10.1 Å². The smallest absolute Gasteiger partial charge is 0.265 e. The summed E-state index contributed by atoms with van der Waals surface area (Å²) in [7, 11) is -3.50. The highest BCUT2D eigenvalue weighted by atomic mass is 35.5. The van der Waals surface area contributed by atoms with Crippen molar-refractivity contribution >= 4 is 44.8 Å². The molecule has 1 aliphatic heterocycles. The number of carbonyl (C=O) groups excluding carboxylic acids is 1. The molecule has 0 aliphatic carbocycles. The lowest BCUT2D eigenvalue weighted by molar-refractivity contribution is -0.122. The molecule has 1 heterocycles. The average molecular weight is 457 g/mol. The SMILES string of the molecule is C[C@@H](Oc1ccc(Cl)cc1Cl)C(=O)Nc1ccc(S(=O)(=O)N2CCCCC2)cc1. The van der Waals surface area contributed by atoms with Gasteiger partial charge in [-0.05, 0) is 62.2 Å². The van der Waals surface area contributed by atoms with Gasteiger partial charge in [-0.2, -0.15) is 4.31 Å². The first-order valence-electron chi connectivity index (χ1n) is 9.30. The summed E-state index contributed by atoms with van der Waals surface area (Å²) < 4.78 is 32.5. The largest absolute Gasteiger partial charge is 0.479 e. The highest BCUT2D eigenvalue weighted by Crippen LogP contribution is 2.28. The molecule has 2 aromatic rings. The molecule has 0 spiro atoms. The Morgan fingerprint density at radius 2 is 1.72 bits per heavy atom. The van der Waals surface area contributed by atoms with Crippen molar-refractivity contribution in [3.63, 3.8) is 0 Å². The lowest BCUT2D eigenvalue weighted by Crippen LogP contribution is -2.35. The van der Waals surface area contributed by atoms with Crippen LogP contribution in [-0.2, 0) is 14.8 Å². The summed E-state index contributed by atoms with van der Waals surface area (Å²) in [5.41, 5.74) is 0.477. The van der Waals surface area contributed by atoms with Crippen molar-refractivity contribution in [1.29, 1.82) is 0 Å². The number of nitrogens with zero attached hydrogens (tertiary/aromatic N) is 1. The zero-order valence-electron chi connectivity index (χ0n) is 15.9. The van der Waals surface area contributed by atoms with E-state index in [1.807, 2.05) is 0 Å². The van der Waals surface area contributed by atoms with E-state index in [9.17, 15) is 13.2 Å². The highest BCUT2D eigenvalue weighted by Gasteiger charge is 2.26. The zero-order valence-corrected chi connectivity index (χ0v) is 18.2. The van der Waals surface area contributed by atoms with Crippen LogP contribution in [-0.4, -0.2) is 37.8 Å². The normalized spacial score (nSPS) is 16.2. The molecule has 3 rings (SSSR count). The number of amides is 1. The molecular weight excluding hydrogens is 435 g/mol. The van der Waals surface area contributed by atoms with Gasteiger partial charge in [-0.1, -0.05) is 29.6 Å². The Morgan fingerprint density at radius 1 is 1.07 bits per heavy atom. The fourth-order valence-electron chi connectivity index (χ4n) is 3.02. The first kappa shape index (κ1) is 21.9. The van der Waals surface area contributed by atoms with Crippen molar-refractivity contribution in [3.8, 4) is 5.75 Å². The summed E-state index contributed by atoms with van der Waals surface area (Å²) >= 11 is 11.9. The topological polar surface area (TPSA) is 75.7 Å². The molecule has 9 heteroatoms. The Hall–Kier alpha value is -1.80. The van der Waals surface area contributed by atoms with E-state index in [-0.39, 0.29) is 10.8 Å². The van der Waals surface area contributed by atoms with Crippen LogP contribution in [0.3, 0.4) is 0 Å². The maximum absolute atomic E-state index is 12.7. The lowest BCUT2D eigenvalue weighted by atomic mass is 10.2. The van der Waals surface area contributed by atoms with E-state index in [4.69, 9.17) is 27.9 Å². The quantitative estimate of drug-likeness (QED) is 0.690. The summed E-state index contributed by atoms with van der Waals surface area (Å²) in [6.07, 6.45) is 2.00. The molecule has 1 fully saturated rings. The Bertz CT molecular complexity index is 974. The molecule has 0 unspecified atom stereocenters. The van der Waals surface area contributed by atoms with Gasteiger partial charge in [-0.25, -0.2) is 8.42 Å². The minimum Gasteiger partial charge on any atom is -0.479 e. The molecule has 1 amide bonds. The summed E-state index contributed by atoms with van der Waals surface area (Å²) in [5, 5.41) is 3.49. The number of hydrogen-bond donors (Lipinski definition) is 1. The van der Waals surface area contributed by atoms with E-state index >= 15 is 0 Å². The Morgan fingerprint density at radius 3 is 2.34 bits per heavy atom. The molecule has 0 bridgehead atoms. The molecule has 156 valence electrons. The lowest BCUT2D eigenvalue weighted by Gasteiger charge is -2.25. The van der Waals surface area contributed by atoms with Crippen LogP contribution in [0.2, 0.25) is 10.0 Å². The predicted octanol–water partition coefficient (Wildman–Crippen LogP) is 4.57. The Labute approximate surface area is 180 Å². The van der Waals surface area contributed by atoms with E-state index in [1.54, 1.807) is 31.2 Å². The number of nitrogens with one attached hydrogen (secondary N) is 1. The first-order valence-corrected chi connectivity index (χ1v) is 11.5. The number of hydrogen-bond acceptors (Lipinski definition) is 4. The van der Waals surface area contributed by atoms with Gasteiger partial charge in [0.1, 0.15) is 5.75 Å². The number of halogens is 2. The third-order valence-electron chi connectivity index (χ3n) is 4.64. The molecule has 1 N–H and O–H groups in total. The average Bonchev–Trinajstić information content (AvgIpc) is 2.71. The third kappa shape index (κ3) is 5.42. The summed E-state index contributed by atoms with van der Waals surface area (Å²) in [4.78, 5) is 12.6. The molecule has 29 heavy (non-hydrogen) atoms. The number of benzene rings is 2. The van der Waals surface area contributed by atoms with Gasteiger partial charge in [-0.3, -0.25) is 4.79 Å². The highest BCUT2D eigenvalue weighted by molar-refractivity contribution is 7.89. The molecule has 1 aliphatic rings. The van der Waals surface area contributed by atoms with E-state index in [2.05, 4.69) is 5.32 Å². The van der Waals surface area contributed by atoms with E-state index in [0.29, 0.717) is 34.6 Å². The van der Waals surface area contributed by atoms with Gasteiger partial charge in [0.25, 0.3) is 5.91 Å². The van der Waals surface area contributed by atoms with Crippen LogP contribution in [0.5, 0.6) is 5.75 Å². The molecule has 0 saturated carbocycles. The van der Waals surface area contributed by atoms with Crippen molar-refractivity contribution < 1.29 is 17.9 Å². The Balaban J connectivity index is 1.63. The van der Waals surface area contributed by atoms with Crippen molar-refractivity contribution in [2.75, 3.05) is 18.4 Å².